The number of phenolic OH excluding ortho intramolecular Hbond substituents is 1. The Morgan fingerprint density at radius 2 is 1.92 bits per heavy atom. The van der Waals surface area contributed by atoms with Crippen LogP contribution >= 0.6 is 0 Å². The molecule has 0 aliphatic rings. The lowest BCUT2D eigenvalue weighted by atomic mass is 10.1. The van der Waals surface area contributed by atoms with E-state index in [0.29, 0.717) is 30.2 Å². The maximum Gasteiger partial charge on any atom is 0.197 e. The van der Waals surface area contributed by atoms with Crippen molar-refractivity contribution in [2.75, 3.05) is 19.7 Å². The van der Waals surface area contributed by atoms with Gasteiger partial charge in [-0.25, -0.2) is 0 Å². The third kappa shape index (κ3) is 4.00. The number of aromatic hydroxyl groups is 1. The van der Waals surface area contributed by atoms with Crippen molar-refractivity contribution in [3.8, 4) is 22.8 Å². The molecule has 0 aliphatic heterocycles. The Morgan fingerprint density at radius 1 is 1.12 bits per heavy atom. The monoisotopic (exact) mass is 339 g/mol. The van der Waals surface area contributed by atoms with Crippen LogP contribution in [0.1, 0.15) is 13.3 Å². The van der Waals surface area contributed by atoms with Gasteiger partial charge in [0.15, 0.2) is 5.43 Å². The van der Waals surface area contributed by atoms with Crippen LogP contribution in [0.3, 0.4) is 0 Å². The van der Waals surface area contributed by atoms with Gasteiger partial charge in [-0.3, -0.25) is 4.79 Å². The molecule has 0 amide bonds. The predicted octanol–water partition coefficient (Wildman–Crippen LogP) is 3.54. The Labute approximate surface area is 145 Å². The first-order valence-corrected chi connectivity index (χ1v) is 8.39. The van der Waals surface area contributed by atoms with Gasteiger partial charge in [0, 0.05) is 30.3 Å². The van der Waals surface area contributed by atoms with E-state index in [1.165, 1.54) is 12.1 Å². The van der Waals surface area contributed by atoms with Gasteiger partial charge in [-0.2, -0.15) is 0 Å². The minimum atomic E-state index is -0.284. The van der Waals surface area contributed by atoms with Crippen LogP contribution in [0.2, 0.25) is 0 Å². The Balaban J connectivity index is 1.91. The topological polar surface area (TPSA) is 71.7 Å². The lowest BCUT2D eigenvalue weighted by molar-refractivity contribution is 0.312. The SMILES string of the molecule is CCCNCCOc1cc(O)c2c(=O)cc(-c3ccccc3)oc2c1. The van der Waals surface area contributed by atoms with Crippen LogP contribution in [0.5, 0.6) is 11.5 Å². The van der Waals surface area contributed by atoms with Gasteiger partial charge in [-0.1, -0.05) is 37.3 Å². The van der Waals surface area contributed by atoms with Crippen molar-refractivity contribution >= 4 is 11.0 Å². The minimum absolute atomic E-state index is 0.137. The van der Waals surface area contributed by atoms with Crippen molar-refractivity contribution in [3.63, 3.8) is 0 Å². The normalized spacial score (nSPS) is 10.9. The minimum Gasteiger partial charge on any atom is -0.507 e. The fourth-order valence-corrected chi connectivity index (χ4v) is 2.61. The molecule has 1 heterocycles. The maximum absolute atomic E-state index is 12.4. The second-order valence-electron chi connectivity index (χ2n) is 5.75. The van der Waals surface area contributed by atoms with Crippen LogP contribution < -0.4 is 15.5 Å². The number of hydrogen-bond acceptors (Lipinski definition) is 5. The molecule has 0 radical (unpaired) electrons. The van der Waals surface area contributed by atoms with E-state index in [-0.39, 0.29) is 16.6 Å². The van der Waals surface area contributed by atoms with E-state index >= 15 is 0 Å². The van der Waals surface area contributed by atoms with E-state index in [1.807, 2.05) is 30.3 Å². The van der Waals surface area contributed by atoms with Gasteiger partial charge < -0.3 is 19.6 Å². The van der Waals surface area contributed by atoms with E-state index in [2.05, 4.69) is 12.2 Å². The number of benzene rings is 2. The van der Waals surface area contributed by atoms with E-state index in [9.17, 15) is 9.90 Å². The second kappa shape index (κ2) is 7.85. The van der Waals surface area contributed by atoms with Crippen molar-refractivity contribution in [1.29, 1.82) is 0 Å². The lowest BCUT2D eigenvalue weighted by Gasteiger charge is -2.09. The Hall–Kier alpha value is -2.79. The van der Waals surface area contributed by atoms with Crippen LogP contribution in [-0.2, 0) is 0 Å². The molecule has 5 nitrogen and oxygen atoms in total. The number of rotatable bonds is 7. The molecule has 5 heteroatoms. The van der Waals surface area contributed by atoms with Crippen molar-refractivity contribution in [3.05, 3.63) is 58.8 Å². The lowest BCUT2D eigenvalue weighted by Crippen LogP contribution is -2.21. The van der Waals surface area contributed by atoms with E-state index in [1.54, 1.807) is 6.07 Å². The van der Waals surface area contributed by atoms with Crippen molar-refractivity contribution in [2.45, 2.75) is 13.3 Å². The van der Waals surface area contributed by atoms with Crippen LogP contribution in [0.4, 0.5) is 0 Å². The summed E-state index contributed by atoms with van der Waals surface area (Å²) in [4.78, 5) is 12.4. The van der Waals surface area contributed by atoms with Crippen LogP contribution in [0.25, 0.3) is 22.3 Å². The molecule has 0 saturated heterocycles. The first-order chi connectivity index (χ1) is 12.2. The summed E-state index contributed by atoms with van der Waals surface area (Å²) in [5.41, 5.74) is 0.827. The summed E-state index contributed by atoms with van der Waals surface area (Å²) in [6.45, 7) is 4.21. The highest BCUT2D eigenvalue weighted by Gasteiger charge is 2.12. The molecular weight excluding hydrogens is 318 g/mol. The fourth-order valence-electron chi connectivity index (χ4n) is 2.61. The van der Waals surface area contributed by atoms with Crippen LogP contribution in [0.15, 0.2) is 57.7 Å². The third-order valence-corrected chi connectivity index (χ3v) is 3.82. The summed E-state index contributed by atoms with van der Waals surface area (Å²) in [5, 5.41) is 13.6. The highest BCUT2D eigenvalue weighted by atomic mass is 16.5. The van der Waals surface area contributed by atoms with E-state index in [4.69, 9.17) is 9.15 Å². The molecular formula is C20H21NO4. The zero-order chi connectivity index (χ0) is 17.6. The number of hydrogen-bond donors (Lipinski definition) is 2. The Bertz CT molecular complexity index is 903. The van der Waals surface area contributed by atoms with Gasteiger partial charge in [-0.05, 0) is 13.0 Å². The molecule has 25 heavy (non-hydrogen) atoms. The molecule has 0 aliphatic carbocycles. The molecule has 0 fully saturated rings. The van der Waals surface area contributed by atoms with Gasteiger partial charge >= 0.3 is 0 Å². The highest BCUT2D eigenvalue weighted by Crippen LogP contribution is 2.30. The molecule has 0 bridgehead atoms. The zero-order valence-electron chi connectivity index (χ0n) is 14.1. The van der Waals surface area contributed by atoms with Gasteiger partial charge in [0.25, 0.3) is 0 Å². The summed E-state index contributed by atoms with van der Waals surface area (Å²) < 4.78 is 11.5. The Morgan fingerprint density at radius 3 is 2.68 bits per heavy atom. The van der Waals surface area contributed by atoms with Crippen molar-refractivity contribution in [1.82, 2.24) is 5.32 Å². The number of fused-ring (bicyclic) bond motifs is 1. The van der Waals surface area contributed by atoms with E-state index in [0.717, 1.165) is 18.5 Å². The fraction of sp³-hybridized carbons (Fsp3) is 0.250. The molecule has 2 aromatic carbocycles. The van der Waals surface area contributed by atoms with Crippen molar-refractivity contribution in [2.24, 2.45) is 0 Å². The third-order valence-electron chi connectivity index (χ3n) is 3.82. The van der Waals surface area contributed by atoms with Gasteiger partial charge in [0.2, 0.25) is 0 Å². The first kappa shape index (κ1) is 17.0. The molecule has 2 N–H and O–H groups in total. The smallest absolute Gasteiger partial charge is 0.197 e. The molecule has 130 valence electrons. The van der Waals surface area contributed by atoms with Crippen molar-refractivity contribution < 1.29 is 14.3 Å². The number of nitrogens with one attached hydrogen (secondary N) is 1. The Kier molecular flexibility index (Phi) is 5.36. The largest absolute Gasteiger partial charge is 0.507 e. The van der Waals surface area contributed by atoms with Crippen LogP contribution in [-0.4, -0.2) is 24.8 Å². The summed E-state index contributed by atoms with van der Waals surface area (Å²) in [5.74, 6) is 0.790. The van der Waals surface area contributed by atoms with Gasteiger partial charge in [0.05, 0.1) is 0 Å². The molecule has 0 spiro atoms. The van der Waals surface area contributed by atoms with Gasteiger partial charge in [0.1, 0.15) is 34.8 Å². The number of ether oxygens (including phenoxy) is 1. The summed E-state index contributed by atoms with van der Waals surface area (Å²) in [6.07, 6.45) is 1.06. The number of phenols is 1. The molecule has 1 aromatic heterocycles. The average molecular weight is 339 g/mol. The average Bonchev–Trinajstić information content (AvgIpc) is 2.61. The quantitative estimate of drug-likeness (QED) is 0.644. The summed E-state index contributed by atoms with van der Waals surface area (Å²) >= 11 is 0. The summed E-state index contributed by atoms with van der Waals surface area (Å²) in [7, 11) is 0. The van der Waals surface area contributed by atoms with Gasteiger partial charge in [-0.15, -0.1) is 0 Å². The predicted molar refractivity (Wildman–Crippen MR) is 98.2 cm³/mol. The summed E-state index contributed by atoms with van der Waals surface area (Å²) in [6, 6.07) is 13.9. The second-order valence-corrected chi connectivity index (χ2v) is 5.75. The molecule has 3 rings (SSSR count). The first-order valence-electron chi connectivity index (χ1n) is 8.39. The molecule has 0 unspecified atom stereocenters. The van der Waals surface area contributed by atoms with E-state index < -0.39 is 0 Å². The zero-order valence-corrected chi connectivity index (χ0v) is 14.1. The highest BCUT2D eigenvalue weighted by molar-refractivity contribution is 5.86. The van der Waals surface area contributed by atoms with Crippen LogP contribution in [0, 0.1) is 0 Å². The molecule has 0 saturated carbocycles. The molecule has 0 atom stereocenters. The standard InChI is InChI=1S/C20H21NO4/c1-2-8-21-9-10-24-15-11-16(22)20-17(23)13-18(25-19(20)12-15)14-6-4-3-5-7-14/h3-7,11-13,21-22H,2,8-10H2,1H3. The maximum atomic E-state index is 12.4. The molecule has 3 aromatic rings.